The molecule has 3 aromatic heterocycles. The van der Waals surface area contributed by atoms with Crippen molar-refractivity contribution in [2.75, 3.05) is 0 Å². The number of aromatic nitrogens is 2. The summed E-state index contributed by atoms with van der Waals surface area (Å²) in [5, 5.41) is 2.56. The number of benzene rings is 6. The molecule has 253 valence electrons. The molecule has 0 amide bonds. The summed E-state index contributed by atoms with van der Waals surface area (Å²) < 4.78 is 2.56. The van der Waals surface area contributed by atoms with E-state index in [1.165, 1.54) is 53.6 Å². The predicted molar refractivity (Wildman–Crippen MR) is 215 cm³/mol. The first-order chi connectivity index (χ1) is 25.2. The van der Waals surface area contributed by atoms with Crippen LogP contribution in [0, 0.1) is 12.1 Å². The number of thiophene rings is 1. The Hall–Kier alpha value is -5.51. The summed E-state index contributed by atoms with van der Waals surface area (Å²) in [6, 6.07) is 65.8. The Morgan fingerprint density at radius 1 is 0.481 bits per heavy atom. The van der Waals surface area contributed by atoms with Crippen LogP contribution in [0.1, 0.15) is 24.0 Å². The fraction of sp³-hybridized carbons (Fsp3) is 0.0417. The molecular formula is C48H34IrN2S-2. The van der Waals surface area contributed by atoms with Gasteiger partial charge in [0.2, 0.25) is 0 Å². The van der Waals surface area contributed by atoms with Crippen molar-refractivity contribution < 1.29 is 20.1 Å². The van der Waals surface area contributed by atoms with E-state index in [1.54, 1.807) is 6.20 Å². The Morgan fingerprint density at radius 2 is 1.12 bits per heavy atom. The first-order valence-electron chi connectivity index (χ1n) is 17.1. The van der Waals surface area contributed by atoms with Gasteiger partial charge < -0.3 is 9.97 Å². The van der Waals surface area contributed by atoms with Crippen molar-refractivity contribution in [3.63, 3.8) is 0 Å². The number of hydrogen-bond donors (Lipinski definition) is 0. The molecule has 0 N–H and O–H groups in total. The second-order valence-corrected chi connectivity index (χ2v) is 13.6. The number of fused-ring (bicyclic) bond motifs is 3. The van der Waals surface area contributed by atoms with Crippen LogP contribution in [0.25, 0.3) is 64.9 Å². The van der Waals surface area contributed by atoms with Gasteiger partial charge in [-0.2, -0.15) is 11.3 Å². The molecule has 1 radical (unpaired) electrons. The van der Waals surface area contributed by atoms with Crippen LogP contribution in [0.15, 0.2) is 182 Å². The Labute approximate surface area is 322 Å². The molecule has 0 aliphatic carbocycles. The maximum absolute atomic E-state index is 4.69. The van der Waals surface area contributed by atoms with Crippen molar-refractivity contribution in [1.29, 1.82) is 0 Å². The average Bonchev–Trinajstić information content (AvgIpc) is 3.59. The van der Waals surface area contributed by atoms with E-state index in [0.29, 0.717) is 5.92 Å². The number of pyridine rings is 2. The standard InChI is InChI=1S/C31H22NS.C17H12N.Ir/c1-21(22-8-4-2-5-9-22)24-16-17-32-29(20-24)26-13-15-31-28(19-26)27-18-25(12-14-30(27)33-31)23-10-6-3-7-11-23;1-2-7-14(8-3-1)15-9-6-10-16(13-15)17-11-4-5-12-18-17;/h2-12,14-21H,1H3;1-9,11-13H;/q2*-1;. The molecule has 9 rings (SSSR count). The van der Waals surface area contributed by atoms with Crippen molar-refractivity contribution in [2.45, 2.75) is 12.8 Å². The molecule has 0 saturated carbocycles. The van der Waals surface area contributed by atoms with Gasteiger partial charge in [-0.25, -0.2) is 0 Å². The summed E-state index contributed by atoms with van der Waals surface area (Å²) >= 11 is 1.82. The van der Waals surface area contributed by atoms with Crippen LogP contribution < -0.4 is 0 Å². The van der Waals surface area contributed by atoms with Crippen molar-refractivity contribution in [2.24, 2.45) is 0 Å². The SMILES string of the molecule is CC(c1ccccc1)c1ccnc(-c2[c-]cc3sc4ccc(-c5ccccc5)cc4c3c2)c1.[Ir].[c-]1ccc(-c2ccccc2)cc1-c1ccccn1. The van der Waals surface area contributed by atoms with Crippen LogP contribution in [0.5, 0.6) is 0 Å². The molecule has 4 heteroatoms. The molecule has 1 unspecified atom stereocenters. The second kappa shape index (κ2) is 16.2. The first kappa shape index (κ1) is 34.9. The van der Waals surface area contributed by atoms with E-state index in [-0.39, 0.29) is 20.1 Å². The minimum absolute atomic E-state index is 0. The molecule has 9 aromatic rings. The maximum atomic E-state index is 4.69. The molecule has 52 heavy (non-hydrogen) atoms. The Balaban J connectivity index is 0.000000188. The largest absolute Gasteiger partial charge is 0.305 e. The molecule has 0 aliphatic heterocycles. The van der Waals surface area contributed by atoms with E-state index in [1.807, 2.05) is 60.0 Å². The zero-order chi connectivity index (χ0) is 34.4. The third kappa shape index (κ3) is 7.71. The first-order valence-corrected chi connectivity index (χ1v) is 17.9. The average molecular weight is 863 g/mol. The molecule has 0 bridgehead atoms. The third-order valence-corrected chi connectivity index (χ3v) is 10.4. The smallest absolute Gasteiger partial charge is 0.0240 e. The summed E-state index contributed by atoms with van der Waals surface area (Å²) in [6.45, 7) is 2.25. The normalized spacial score (nSPS) is 11.3. The molecule has 2 nitrogen and oxygen atoms in total. The van der Waals surface area contributed by atoms with Gasteiger partial charge in [-0.15, -0.1) is 59.2 Å². The van der Waals surface area contributed by atoms with Gasteiger partial charge in [-0.3, -0.25) is 0 Å². The van der Waals surface area contributed by atoms with Crippen LogP contribution in [0.3, 0.4) is 0 Å². The van der Waals surface area contributed by atoms with Crippen molar-refractivity contribution in [1.82, 2.24) is 9.97 Å². The van der Waals surface area contributed by atoms with Crippen LogP contribution in [-0.2, 0) is 20.1 Å². The van der Waals surface area contributed by atoms with Crippen molar-refractivity contribution in [3.8, 4) is 44.8 Å². The summed E-state index contributed by atoms with van der Waals surface area (Å²) in [4.78, 5) is 9.05. The molecular weight excluding hydrogens is 829 g/mol. The maximum Gasteiger partial charge on any atom is 0.0240 e. The van der Waals surface area contributed by atoms with Crippen LogP contribution >= 0.6 is 11.3 Å². The quantitative estimate of drug-likeness (QED) is 0.156. The van der Waals surface area contributed by atoms with Gasteiger partial charge in [0.1, 0.15) is 0 Å². The Kier molecular flexibility index (Phi) is 10.9. The Bertz CT molecular complexity index is 2480. The van der Waals surface area contributed by atoms with Crippen LogP contribution in [0.2, 0.25) is 0 Å². The number of rotatable bonds is 6. The third-order valence-electron chi connectivity index (χ3n) is 9.22. The molecule has 0 spiro atoms. The molecule has 3 heterocycles. The van der Waals surface area contributed by atoms with E-state index < -0.39 is 0 Å². The second-order valence-electron chi connectivity index (χ2n) is 12.5. The van der Waals surface area contributed by atoms with E-state index in [4.69, 9.17) is 4.98 Å². The number of hydrogen-bond acceptors (Lipinski definition) is 3. The minimum atomic E-state index is 0. The summed E-state index contributed by atoms with van der Waals surface area (Å²) in [6.07, 6.45) is 3.72. The topological polar surface area (TPSA) is 25.8 Å². The van der Waals surface area contributed by atoms with Gasteiger partial charge in [0, 0.05) is 43.1 Å². The zero-order valence-corrected chi connectivity index (χ0v) is 31.7. The Morgan fingerprint density at radius 3 is 1.83 bits per heavy atom. The molecule has 0 fully saturated rings. The summed E-state index contributed by atoms with van der Waals surface area (Å²) in [5.74, 6) is 0.312. The van der Waals surface area contributed by atoms with E-state index in [2.05, 4.69) is 151 Å². The predicted octanol–water partition coefficient (Wildman–Crippen LogP) is 12.9. The zero-order valence-electron chi connectivity index (χ0n) is 28.5. The van der Waals surface area contributed by atoms with Crippen LogP contribution in [-0.4, -0.2) is 9.97 Å². The molecule has 1 atom stereocenters. The summed E-state index contributed by atoms with van der Waals surface area (Å²) in [5.41, 5.74) is 11.4. The van der Waals surface area contributed by atoms with Gasteiger partial charge in [0.05, 0.1) is 0 Å². The molecule has 0 saturated heterocycles. The molecule has 0 aliphatic rings. The fourth-order valence-electron chi connectivity index (χ4n) is 6.42. The van der Waals surface area contributed by atoms with Gasteiger partial charge in [0.15, 0.2) is 0 Å². The van der Waals surface area contributed by atoms with Crippen molar-refractivity contribution >= 4 is 31.5 Å². The van der Waals surface area contributed by atoms with Crippen molar-refractivity contribution in [3.05, 3.63) is 206 Å². The monoisotopic (exact) mass is 863 g/mol. The van der Waals surface area contributed by atoms with Gasteiger partial charge in [-0.05, 0) is 73.6 Å². The van der Waals surface area contributed by atoms with Gasteiger partial charge in [0.25, 0.3) is 0 Å². The van der Waals surface area contributed by atoms with E-state index in [0.717, 1.165) is 22.5 Å². The van der Waals surface area contributed by atoms with Crippen LogP contribution in [0.4, 0.5) is 0 Å². The van der Waals surface area contributed by atoms with Gasteiger partial charge in [-0.1, -0.05) is 128 Å². The molecule has 6 aromatic carbocycles. The number of nitrogens with zero attached hydrogens (tertiary/aromatic N) is 2. The minimum Gasteiger partial charge on any atom is -0.305 e. The fourth-order valence-corrected chi connectivity index (χ4v) is 7.47. The summed E-state index contributed by atoms with van der Waals surface area (Å²) in [7, 11) is 0. The van der Waals surface area contributed by atoms with E-state index >= 15 is 0 Å². The van der Waals surface area contributed by atoms with E-state index in [9.17, 15) is 0 Å². The van der Waals surface area contributed by atoms with Gasteiger partial charge >= 0.3 is 0 Å².